The Morgan fingerprint density at radius 2 is 1.88 bits per heavy atom. The van der Waals surface area contributed by atoms with Gasteiger partial charge in [-0.05, 0) is 41.8 Å². The zero-order valence-corrected chi connectivity index (χ0v) is 14.8. The largest absolute Gasteiger partial charge is 0.495 e. The van der Waals surface area contributed by atoms with Crippen molar-refractivity contribution in [2.75, 3.05) is 20.3 Å². The van der Waals surface area contributed by atoms with Crippen molar-refractivity contribution in [3.05, 3.63) is 52.5 Å². The van der Waals surface area contributed by atoms with E-state index in [1.165, 1.54) is 0 Å². The van der Waals surface area contributed by atoms with Crippen LogP contribution in [-0.4, -0.2) is 26.2 Å². The zero-order valence-electron chi connectivity index (χ0n) is 14.0. The summed E-state index contributed by atoms with van der Waals surface area (Å²) in [7, 11) is 1.58. The molecule has 3 rings (SSSR count). The number of halogens is 1. The molecule has 0 saturated carbocycles. The van der Waals surface area contributed by atoms with Gasteiger partial charge in [-0.3, -0.25) is 4.79 Å². The van der Waals surface area contributed by atoms with Gasteiger partial charge < -0.3 is 19.5 Å². The second-order valence-electron chi connectivity index (χ2n) is 5.72. The normalized spacial score (nSPS) is 12.6. The molecule has 1 heterocycles. The fraction of sp³-hybridized carbons (Fsp3) is 0.316. The van der Waals surface area contributed by atoms with Crippen LogP contribution in [0.15, 0.2) is 36.4 Å². The standard InChI is InChI=1S/C19H20ClNO4/c1-23-16-5-2-13(10-15(16)20)4-7-19(22)21-12-14-3-6-17-18(11-14)25-9-8-24-17/h2-3,5-6,10-11H,4,7-9,12H2,1H3,(H,21,22). The Hall–Kier alpha value is -2.40. The lowest BCUT2D eigenvalue weighted by Crippen LogP contribution is -2.23. The lowest BCUT2D eigenvalue weighted by atomic mass is 10.1. The molecule has 0 radical (unpaired) electrons. The van der Waals surface area contributed by atoms with Crippen LogP contribution in [0.1, 0.15) is 17.5 Å². The Labute approximate surface area is 151 Å². The Morgan fingerprint density at radius 1 is 1.12 bits per heavy atom. The molecule has 0 unspecified atom stereocenters. The predicted molar refractivity (Wildman–Crippen MR) is 95.6 cm³/mol. The minimum atomic E-state index is -0.0122. The number of aryl methyl sites for hydroxylation is 1. The van der Waals surface area contributed by atoms with Crippen molar-refractivity contribution in [3.63, 3.8) is 0 Å². The fourth-order valence-electron chi connectivity index (χ4n) is 2.61. The van der Waals surface area contributed by atoms with Crippen molar-refractivity contribution in [2.24, 2.45) is 0 Å². The molecular formula is C19H20ClNO4. The van der Waals surface area contributed by atoms with E-state index in [9.17, 15) is 4.79 Å². The summed E-state index contributed by atoms with van der Waals surface area (Å²) >= 11 is 6.10. The highest BCUT2D eigenvalue weighted by atomic mass is 35.5. The van der Waals surface area contributed by atoms with Gasteiger partial charge in [0.2, 0.25) is 5.91 Å². The first kappa shape index (κ1) is 17.4. The molecule has 0 aliphatic carbocycles. The average molecular weight is 362 g/mol. The number of nitrogens with one attached hydrogen (secondary N) is 1. The van der Waals surface area contributed by atoms with Crippen LogP contribution in [-0.2, 0) is 17.8 Å². The summed E-state index contributed by atoms with van der Waals surface area (Å²) in [5.41, 5.74) is 1.98. The van der Waals surface area contributed by atoms with Crippen LogP contribution in [0, 0.1) is 0 Å². The van der Waals surface area contributed by atoms with Gasteiger partial charge in [0.1, 0.15) is 19.0 Å². The molecule has 0 atom stereocenters. The van der Waals surface area contributed by atoms with E-state index in [0.717, 1.165) is 22.6 Å². The van der Waals surface area contributed by atoms with Crippen LogP contribution >= 0.6 is 11.6 Å². The summed E-state index contributed by atoms with van der Waals surface area (Å²) in [5.74, 6) is 2.10. The zero-order chi connectivity index (χ0) is 17.6. The molecule has 0 aromatic heterocycles. The summed E-state index contributed by atoms with van der Waals surface area (Å²) in [6, 6.07) is 11.3. The van der Waals surface area contributed by atoms with E-state index in [0.29, 0.717) is 43.4 Å². The maximum Gasteiger partial charge on any atom is 0.220 e. The summed E-state index contributed by atoms with van der Waals surface area (Å²) in [4.78, 5) is 12.1. The molecule has 25 heavy (non-hydrogen) atoms. The summed E-state index contributed by atoms with van der Waals surface area (Å²) in [5, 5.41) is 3.47. The van der Waals surface area contributed by atoms with E-state index in [-0.39, 0.29) is 5.91 Å². The van der Waals surface area contributed by atoms with Gasteiger partial charge in [0, 0.05) is 13.0 Å². The average Bonchev–Trinajstić information content (AvgIpc) is 2.64. The number of amides is 1. The molecule has 2 aromatic carbocycles. The monoisotopic (exact) mass is 361 g/mol. The van der Waals surface area contributed by atoms with E-state index in [4.69, 9.17) is 25.8 Å². The molecule has 1 aliphatic rings. The maximum atomic E-state index is 12.1. The van der Waals surface area contributed by atoms with Crippen LogP contribution in [0.3, 0.4) is 0 Å². The number of carbonyl (C=O) groups is 1. The Morgan fingerprint density at radius 3 is 2.64 bits per heavy atom. The van der Waals surface area contributed by atoms with E-state index < -0.39 is 0 Å². The molecule has 1 amide bonds. The molecule has 0 spiro atoms. The summed E-state index contributed by atoms with van der Waals surface area (Å²) in [6.07, 6.45) is 1.02. The summed E-state index contributed by atoms with van der Waals surface area (Å²) in [6.45, 7) is 1.57. The Balaban J connectivity index is 1.49. The highest BCUT2D eigenvalue weighted by Gasteiger charge is 2.12. The van der Waals surface area contributed by atoms with Gasteiger partial charge in [-0.15, -0.1) is 0 Å². The van der Waals surface area contributed by atoms with Gasteiger partial charge in [0.05, 0.1) is 12.1 Å². The Kier molecular flexibility index (Phi) is 5.66. The molecular weight excluding hydrogens is 342 g/mol. The SMILES string of the molecule is COc1ccc(CCC(=O)NCc2ccc3c(c2)OCCO3)cc1Cl. The molecule has 2 aromatic rings. The third-order valence-corrected chi connectivity index (χ3v) is 4.25. The van der Waals surface area contributed by atoms with Crippen molar-refractivity contribution in [1.29, 1.82) is 0 Å². The van der Waals surface area contributed by atoms with Crippen molar-refractivity contribution in [1.82, 2.24) is 5.32 Å². The van der Waals surface area contributed by atoms with Crippen LogP contribution in [0.5, 0.6) is 17.2 Å². The smallest absolute Gasteiger partial charge is 0.220 e. The van der Waals surface area contributed by atoms with Gasteiger partial charge in [-0.2, -0.15) is 0 Å². The number of carbonyl (C=O) groups excluding carboxylic acids is 1. The van der Waals surface area contributed by atoms with Crippen LogP contribution in [0.4, 0.5) is 0 Å². The molecule has 0 bridgehead atoms. The van der Waals surface area contributed by atoms with Crippen LogP contribution < -0.4 is 19.5 Å². The van der Waals surface area contributed by atoms with Crippen molar-refractivity contribution >= 4 is 17.5 Å². The van der Waals surface area contributed by atoms with E-state index >= 15 is 0 Å². The van der Waals surface area contributed by atoms with Gasteiger partial charge in [-0.25, -0.2) is 0 Å². The molecule has 0 fully saturated rings. The first-order chi connectivity index (χ1) is 12.2. The topological polar surface area (TPSA) is 56.8 Å². The van der Waals surface area contributed by atoms with Gasteiger partial charge in [0.25, 0.3) is 0 Å². The quantitative estimate of drug-likeness (QED) is 0.857. The summed E-state index contributed by atoms with van der Waals surface area (Å²) < 4.78 is 16.2. The molecule has 1 N–H and O–H groups in total. The highest BCUT2D eigenvalue weighted by Crippen LogP contribution is 2.30. The second kappa shape index (κ2) is 8.12. The minimum absolute atomic E-state index is 0.0122. The molecule has 132 valence electrons. The van der Waals surface area contributed by atoms with E-state index in [1.807, 2.05) is 36.4 Å². The number of fused-ring (bicyclic) bond motifs is 1. The predicted octanol–water partition coefficient (Wildman–Crippen LogP) is 3.37. The van der Waals surface area contributed by atoms with Crippen molar-refractivity contribution < 1.29 is 19.0 Å². The first-order valence-electron chi connectivity index (χ1n) is 8.13. The number of benzene rings is 2. The lowest BCUT2D eigenvalue weighted by Gasteiger charge is -2.19. The molecule has 0 saturated heterocycles. The van der Waals surface area contributed by atoms with Gasteiger partial charge in [0.15, 0.2) is 11.5 Å². The maximum absolute atomic E-state index is 12.1. The van der Waals surface area contributed by atoms with Crippen molar-refractivity contribution in [3.8, 4) is 17.2 Å². The highest BCUT2D eigenvalue weighted by molar-refractivity contribution is 6.32. The van der Waals surface area contributed by atoms with Gasteiger partial charge >= 0.3 is 0 Å². The number of hydrogen-bond acceptors (Lipinski definition) is 4. The number of hydrogen-bond donors (Lipinski definition) is 1. The minimum Gasteiger partial charge on any atom is -0.495 e. The fourth-order valence-corrected chi connectivity index (χ4v) is 2.89. The number of ether oxygens (including phenoxy) is 3. The molecule has 1 aliphatic heterocycles. The first-order valence-corrected chi connectivity index (χ1v) is 8.51. The van der Waals surface area contributed by atoms with Gasteiger partial charge in [-0.1, -0.05) is 23.7 Å². The van der Waals surface area contributed by atoms with Crippen molar-refractivity contribution in [2.45, 2.75) is 19.4 Å². The number of rotatable bonds is 6. The Bertz CT molecular complexity index is 763. The lowest BCUT2D eigenvalue weighted by molar-refractivity contribution is -0.121. The molecule has 6 heteroatoms. The van der Waals surface area contributed by atoms with Crippen LogP contribution in [0.2, 0.25) is 5.02 Å². The second-order valence-corrected chi connectivity index (χ2v) is 6.13. The van der Waals surface area contributed by atoms with E-state index in [2.05, 4.69) is 5.32 Å². The third-order valence-electron chi connectivity index (χ3n) is 3.95. The van der Waals surface area contributed by atoms with Crippen LogP contribution in [0.25, 0.3) is 0 Å². The third kappa shape index (κ3) is 4.57. The molecule has 5 nitrogen and oxygen atoms in total. The number of methoxy groups -OCH3 is 1. The van der Waals surface area contributed by atoms with E-state index in [1.54, 1.807) is 7.11 Å².